The number of benzene rings is 1. The second-order valence-electron chi connectivity index (χ2n) is 3.58. The lowest BCUT2D eigenvalue weighted by Gasteiger charge is -2.03. The first kappa shape index (κ1) is 11.2. The summed E-state index contributed by atoms with van der Waals surface area (Å²) in [6, 6.07) is 4.98. The zero-order valence-corrected chi connectivity index (χ0v) is 8.70. The molecule has 1 aromatic carbocycles. The molecule has 0 aliphatic carbocycles. The van der Waals surface area contributed by atoms with E-state index >= 15 is 0 Å². The van der Waals surface area contributed by atoms with Crippen LogP contribution in [0.15, 0.2) is 30.5 Å². The van der Waals surface area contributed by atoms with Crippen LogP contribution in [-0.4, -0.2) is 32.8 Å². The average molecular weight is 234 g/mol. The molecule has 0 aliphatic rings. The molecule has 0 saturated carbocycles. The molecule has 0 radical (unpaired) electrons. The summed E-state index contributed by atoms with van der Waals surface area (Å²) in [5.74, 6) is -2.13. The van der Waals surface area contributed by atoms with Crippen LogP contribution in [0, 0.1) is 0 Å². The SMILES string of the molecule is NC(C(=O)O)C(=O)c1cn(O)c2ccccc12. The molecule has 1 aromatic heterocycles. The summed E-state index contributed by atoms with van der Waals surface area (Å²) in [7, 11) is 0. The number of carbonyl (C=O) groups excluding carboxylic acids is 1. The highest BCUT2D eigenvalue weighted by Gasteiger charge is 2.25. The van der Waals surface area contributed by atoms with Crippen LogP contribution in [0.4, 0.5) is 0 Å². The van der Waals surface area contributed by atoms with Gasteiger partial charge in [0.25, 0.3) is 0 Å². The third-order valence-electron chi connectivity index (χ3n) is 2.51. The van der Waals surface area contributed by atoms with Gasteiger partial charge in [0.15, 0.2) is 11.8 Å². The summed E-state index contributed by atoms with van der Waals surface area (Å²) in [5, 5.41) is 18.7. The zero-order chi connectivity index (χ0) is 12.6. The fraction of sp³-hybridized carbons (Fsp3) is 0.0909. The minimum Gasteiger partial charge on any atom is -0.480 e. The summed E-state index contributed by atoms with van der Waals surface area (Å²) in [6.45, 7) is 0. The molecule has 0 bridgehead atoms. The van der Waals surface area contributed by atoms with Crippen molar-refractivity contribution in [3.05, 3.63) is 36.0 Å². The summed E-state index contributed by atoms with van der Waals surface area (Å²) < 4.78 is 0.775. The number of para-hydroxylation sites is 1. The first-order valence-electron chi connectivity index (χ1n) is 4.84. The van der Waals surface area contributed by atoms with Crippen molar-refractivity contribution in [2.45, 2.75) is 6.04 Å². The molecule has 17 heavy (non-hydrogen) atoms. The van der Waals surface area contributed by atoms with Crippen LogP contribution in [0.3, 0.4) is 0 Å². The summed E-state index contributed by atoms with van der Waals surface area (Å²) in [6.07, 6.45) is 1.16. The number of carboxylic acids is 1. The van der Waals surface area contributed by atoms with Crippen molar-refractivity contribution in [3.63, 3.8) is 0 Å². The van der Waals surface area contributed by atoms with Gasteiger partial charge in [-0.25, -0.2) is 0 Å². The van der Waals surface area contributed by atoms with E-state index in [1.54, 1.807) is 24.3 Å². The second-order valence-corrected chi connectivity index (χ2v) is 3.58. The van der Waals surface area contributed by atoms with Crippen molar-refractivity contribution in [2.24, 2.45) is 5.73 Å². The molecule has 1 unspecified atom stereocenters. The molecule has 4 N–H and O–H groups in total. The lowest BCUT2D eigenvalue weighted by atomic mass is 10.0. The standard InChI is InChI=1S/C11H10N2O4/c12-9(11(15)16)10(14)7-5-13(17)8-4-2-1-3-6(7)8/h1-5,9,17H,12H2,(H,15,16). The fourth-order valence-corrected chi connectivity index (χ4v) is 1.64. The maximum Gasteiger partial charge on any atom is 0.328 e. The minimum atomic E-state index is -1.62. The number of aromatic nitrogens is 1. The van der Waals surface area contributed by atoms with Gasteiger partial charge in [0.05, 0.1) is 11.7 Å². The predicted octanol–water partition coefficient (Wildman–Crippen LogP) is 0.473. The Balaban J connectivity index is 2.57. The number of fused-ring (bicyclic) bond motifs is 1. The summed E-state index contributed by atoms with van der Waals surface area (Å²) >= 11 is 0. The Bertz CT molecular complexity index is 603. The lowest BCUT2D eigenvalue weighted by Crippen LogP contribution is -2.38. The predicted molar refractivity (Wildman–Crippen MR) is 59.1 cm³/mol. The van der Waals surface area contributed by atoms with E-state index in [1.165, 1.54) is 0 Å². The molecule has 0 aliphatic heterocycles. The number of hydrogen-bond acceptors (Lipinski definition) is 4. The molecule has 0 spiro atoms. The van der Waals surface area contributed by atoms with E-state index in [2.05, 4.69) is 0 Å². The largest absolute Gasteiger partial charge is 0.480 e. The Kier molecular flexibility index (Phi) is 2.57. The quantitative estimate of drug-likeness (QED) is 0.406. The molecular weight excluding hydrogens is 224 g/mol. The van der Waals surface area contributed by atoms with Crippen LogP contribution in [0.25, 0.3) is 10.9 Å². The van der Waals surface area contributed by atoms with Gasteiger partial charge in [-0.15, -0.1) is 0 Å². The molecule has 1 atom stereocenters. The molecule has 0 saturated heterocycles. The van der Waals surface area contributed by atoms with Crippen molar-refractivity contribution in [3.8, 4) is 0 Å². The van der Waals surface area contributed by atoms with Gasteiger partial charge < -0.3 is 16.0 Å². The van der Waals surface area contributed by atoms with Crippen LogP contribution in [0.5, 0.6) is 0 Å². The first-order chi connectivity index (χ1) is 8.02. The molecule has 6 nitrogen and oxygen atoms in total. The average Bonchev–Trinajstić information content (AvgIpc) is 2.65. The number of ketones is 1. The molecule has 0 amide bonds. The van der Waals surface area contributed by atoms with Gasteiger partial charge in [-0.05, 0) is 6.07 Å². The van der Waals surface area contributed by atoms with E-state index in [1.807, 2.05) is 0 Å². The van der Waals surface area contributed by atoms with Crippen LogP contribution in [-0.2, 0) is 4.79 Å². The lowest BCUT2D eigenvalue weighted by molar-refractivity contribution is -0.137. The Morgan fingerprint density at radius 1 is 1.29 bits per heavy atom. The highest BCUT2D eigenvalue weighted by Crippen LogP contribution is 2.21. The normalized spacial score (nSPS) is 12.5. The molecular formula is C11H10N2O4. The zero-order valence-electron chi connectivity index (χ0n) is 8.70. The van der Waals surface area contributed by atoms with Crippen LogP contribution in [0.1, 0.15) is 10.4 Å². The smallest absolute Gasteiger partial charge is 0.328 e. The van der Waals surface area contributed by atoms with Crippen LogP contribution >= 0.6 is 0 Å². The van der Waals surface area contributed by atoms with Crippen molar-refractivity contribution in [1.29, 1.82) is 0 Å². The molecule has 1 heterocycles. The molecule has 88 valence electrons. The Morgan fingerprint density at radius 3 is 2.59 bits per heavy atom. The van der Waals surface area contributed by atoms with Gasteiger partial charge in [-0.2, -0.15) is 4.73 Å². The first-order valence-corrected chi connectivity index (χ1v) is 4.84. The Morgan fingerprint density at radius 2 is 1.94 bits per heavy atom. The maximum atomic E-state index is 11.8. The van der Waals surface area contributed by atoms with Gasteiger partial charge in [0.1, 0.15) is 0 Å². The van der Waals surface area contributed by atoms with Gasteiger partial charge in [0, 0.05) is 10.9 Å². The second kappa shape index (κ2) is 3.91. The maximum absolute atomic E-state index is 11.8. The highest BCUT2D eigenvalue weighted by atomic mass is 16.5. The number of rotatable bonds is 3. The fourth-order valence-electron chi connectivity index (χ4n) is 1.64. The molecule has 6 heteroatoms. The summed E-state index contributed by atoms with van der Waals surface area (Å²) in [4.78, 5) is 22.4. The number of carboxylic acid groups (broad SMARTS) is 1. The van der Waals surface area contributed by atoms with Gasteiger partial charge in [0.2, 0.25) is 0 Å². The number of Topliss-reactive ketones (excluding diaryl/α,β-unsaturated/α-hetero) is 1. The third-order valence-corrected chi connectivity index (χ3v) is 2.51. The van der Waals surface area contributed by atoms with E-state index in [0.717, 1.165) is 10.9 Å². The molecule has 2 aromatic rings. The van der Waals surface area contributed by atoms with Crippen molar-refractivity contribution < 1.29 is 19.9 Å². The van der Waals surface area contributed by atoms with E-state index < -0.39 is 17.8 Å². The van der Waals surface area contributed by atoms with Gasteiger partial charge in [-0.3, -0.25) is 9.59 Å². The monoisotopic (exact) mass is 234 g/mol. The van der Waals surface area contributed by atoms with E-state index in [9.17, 15) is 14.8 Å². The van der Waals surface area contributed by atoms with Crippen molar-refractivity contribution in [1.82, 2.24) is 4.73 Å². The third kappa shape index (κ3) is 1.74. The number of carbonyl (C=O) groups is 2. The number of aliphatic carboxylic acids is 1. The number of hydrogen-bond donors (Lipinski definition) is 3. The van der Waals surface area contributed by atoms with Crippen LogP contribution < -0.4 is 5.73 Å². The Hall–Kier alpha value is -2.34. The number of nitrogens with zero attached hydrogens (tertiary/aromatic N) is 1. The topological polar surface area (TPSA) is 106 Å². The van der Waals surface area contributed by atoms with Crippen molar-refractivity contribution >= 4 is 22.7 Å². The van der Waals surface area contributed by atoms with Gasteiger partial charge >= 0.3 is 5.97 Å². The van der Waals surface area contributed by atoms with E-state index in [0.29, 0.717) is 10.9 Å². The molecule has 2 rings (SSSR count). The minimum absolute atomic E-state index is 0.0954. The van der Waals surface area contributed by atoms with E-state index in [4.69, 9.17) is 10.8 Å². The van der Waals surface area contributed by atoms with Crippen LogP contribution in [0.2, 0.25) is 0 Å². The molecule has 0 fully saturated rings. The van der Waals surface area contributed by atoms with Gasteiger partial charge in [-0.1, -0.05) is 18.2 Å². The number of nitrogens with two attached hydrogens (primary N) is 1. The highest BCUT2D eigenvalue weighted by molar-refractivity contribution is 6.17. The Labute approximate surface area is 95.8 Å². The van der Waals surface area contributed by atoms with E-state index in [-0.39, 0.29) is 5.56 Å². The van der Waals surface area contributed by atoms with Crippen molar-refractivity contribution in [2.75, 3.05) is 0 Å². The summed E-state index contributed by atoms with van der Waals surface area (Å²) in [5.41, 5.74) is 5.77.